The Labute approximate surface area is 126 Å². The van der Waals surface area contributed by atoms with Gasteiger partial charge in [0.2, 0.25) is 0 Å². The second kappa shape index (κ2) is 4.74. The molecule has 1 aromatic rings. The van der Waals surface area contributed by atoms with Gasteiger partial charge in [-0.2, -0.15) is 0 Å². The summed E-state index contributed by atoms with van der Waals surface area (Å²) in [4.78, 5) is 12.3. The molecule has 1 aliphatic carbocycles. The molecule has 1 heterocycles. The number of rotatable bonds is 2. The molecule has 1 fully saturated rings. The largest absolute Gasteiger partial charge is 0.348 e. The maximum absolute atomic E-state index is 12.3. The van der Waals surface area contributed by atoms with E-state index in [2.05, 4.69) is 44.4 Å². The summed E-state index contributed by atoms with van der Waals surface area (Å²) in [7, 11) is 0. The molecule has 1 saturated carbocycles. The van der Waals surface area contributed by atoms with Crippen LogP contribution in [0, 0.1) is 10.8 Å². The van der Waals surface area contributed by atoms with E-state index in [0.717, 1.165) is 18.7 Å². The van der Waals surface area contributed by atoms with Gasteiger partial charge in [0.05, 0.1) is 0 Å². The molecule has 2 aliphatic rings. The fourth-order valence-corrected chi connectivity index (χ4v) is 3.21. The monoisotopic (exact) mass is 294 g/mol. The molecule has 1 amide bonds. The molecule has 1 aliphatic heterocycles. The Morgan fingerprint density at radius 3 is 2.35 bits per heavy atom. The quantitative estimate of drug-likeness (QED) is 0.880. The summed E-state index contributed by atoms with van der Waals surface area (Å²) >= 11 is 0. The van der Waals surface area contributed by atoms with Crippen LogP contribution in [0.5, 0.6) is 0 Å². The van der Waals surface area contributed by atoms with Gasteiger partial charge in [-0.1, -0.05) is 33.8 Å². The molecule has 4 heteroatoms. The van der Waals surface area contributed by atoms with Crippen LogP contribution < -0.4 is 10.6 Å². The lowest BCUT2D eigenvalue weighted by Crippen LogP contribution is -2.29. The number of halogens is 1. The van der Waals surface area contributed by atoms with Gasteiger partial charge in [0.1, 0.15) is 0 Å². The summed E-state index contributed by atoms with van der Waals surface area (Å²) in [5, 5.41) is 6.48. The lowest BCUT2D eigenvalue weighted by atomic mass is 10.0. The van der Waals surface area contributed by atoms with Crippen molar-refractivity contribution in [2.45, 2.75) is 46.8 Å². The Hall–Kier alpha value is -1.06. The third-order valence-electron chi connectivity index (χ3n) is 5.40. The normalized spacial score (nSPS) is 21.8. The minimum atomic E-state index is 0. The van der Waals surface area contributed by atoms with E-state index in [4.69, 9.17) is 0 Å². The maximum atomic E-state index is 12.3. The number of hydrogen-bond donors (Lipinski definition) is 2. The second-order valence-corrected chi connectivity index (χ2v) is 6.94. The molecule has 110 valence electrons. The van der Waals surface area contributed by atoms with E-state index in [1.807, 2.05) is 12.1 Å². The van der Waals surface area contributed by atoms with Crippen molar-refractivity contribution in [2.75, 3.05) is 0 Å². The SMILES string of the molecule is CC1(C)C(NC(=O)c2ccc3c(c2)CNC3)C1(C)C.Cl. The van der Waals surface area contributed by atoms with Gasteiger partial charge in [-0.25, -0.2) is 0 Å². The lowest BCUT2D eigenvalue weighted by molar-refractivity contribution is 0.0943. The number of carbonyl (C=O) groups is 1. The molecule has 0 radical (unpaired) electrons. The van der Waals surface area contributed by atoms with Gasteiger partial charge in [0.15, 0.2) is 0 Å². The molecule has 20 heavy (non-hydrogen) atoms. The van der Waals surface area contributed by atoms with Crippen LogP contribution in [-0.4, -0.2) is 11.9 Å². The van der Waals surface area contributed by atoms with E-state index in [-0.39, 0.29) is 35.2 Å². The summed E-state index contributed by atoms with van der Waals surface area (Å²) in [5.41, 5.74) is 3.70. The van der Waals surface area contributed by atoms with Crippen LogP contribution in [0.2, 0.25) is 0 Å². The van der Waals surface area contributed by atoms with Crippen molar-refractivity contribution >= 4 is 18.3 Å². The fraction of sp³-hybridized carbons (Fsp3) is 0.562. The van der Waals surface area contributed by atoms with Crippen molar-refractivity contribution in [2.24, 2.45) is 10.8 Å². The van der Waals surface area contributed by atoms with Crippen LogP contribution in [0.1, 0.15) is 49.2 Å². The van der Waals surface area contributed by atoms with Gasteiger partial charge in [0, 0.05) is 24.7 Å². The topological polar surface area (TPSA) is 41.1 Å². The zero-order valence-corrected chi connectivity index (χ0v) is 13.4. The van der Waals surface area contributed by atoms with Crippen molar-refractivity contribution in [3.8, 4) is 0 Å². The highest BCUT2D eigenvalue weighted by atomic mass is 35.5. The van der Waals surface area contributed by atoms with Crippen LogP contribution in [0.4, 0.5) is 0 Å². The standard InChI is InChI=1S/C16H22N2O.ClH/c1-15(2)14(16(15,3)4)18-13(19)10-5-6-11-8-17-9-12(11)7-10;/h5-7,14,17H,8-9H2,1-4H3,(H,18,19);1H. The highest BCUT2D eigenvalue weighted by Gasteiger charge is 2.65. The highest BCUT2D eigenvalue weighted by molar-refractivity contribution is 5.95. The van der Waals surface area contributed by atoms with E-state index < -0.39 is 0 Å². The molecule has 3 nitrogen and oxygen atoms in total. The Kier molecular flexibility index (Phi) is 3.64. The minimum Gasteiger partial charge on any atom is -0.348 e. The molecule has 3 rings (SSSR count). The number of benzene rings is 1. The first kappa shape index (κ1) is 15.3. The summed E-state index contributed by atoms with van der Waals surface area (Å²) in [6.07, 6.45) is 0. The average molecular weight is 295 g/mol. The van der Waals surface area contributed by atoms with Gasteiger partial charge >= 0.3 is 0 Å². The van der Waals surface area contributed by atoms with E-state index in [1.165, 1.54) is 11.1 Å². The molecule has 2 N–H and O–H groups in total. The molecule has 0 aromatic heterocycles. The number of carbonyl (C=O) groups excluding carboxylic acids is 1. The first-order valence-corrected chi connectivity index (χ1v) is 6.97. The van der Waals surface area contributed by atoms with Gasteiger partial charge in [-0.05, 0) is 34.1 Å². The van der Waals surface area contributed by atoms with Gasteiger partial charge < -0.3 is 10.6 Å². The Morgan fingerprint density at radius 1 is 1.15 bits per heavy atom. The molecular formula is C16H23ClN2O. The number of fused-ring (bicyclic) bond motifs is 1. The molecule has 0 unspecified atom stereocenters. The number of amides is 1. The van der Waals surface area contributed by atoms with Crippen molar-refractivity contribution in [1.29, 1.82) is 0 Å². The Morgan fingerprint density at radius 2 is 1.75 bits per heavy atom. The summed E-state index contributed by atoms with van der Waals surface area (Å²) in [6.45, 7) is 10.6. The summed E-state index contributed by atoms with van der Waals surface area (Å²) < 4.78 is 0. The third-order valence-corrected chi connectivity index (χ3v) is 5.40. The molecule has 0 spiro atoms. The molecule has 0 atom stereocenters. The minimum absolute atomic E-state index is 0. The average Bonchev–Trinajstić information content (AvgIpc) is 2.76. The second-order valence-electron chi connectivity index (χ2n) is 6.94. The number of hydrogen-bond acceptors (Lipinski definition) is 2. The summed E-state index contributed by atoms with van der Waals surface area (Å²) in [5.74, 6) is 0.0540. The molecule has 0 saturated heterocycles. The van der Waals surface area contributed by atoms with Crippen LogP contribution in [-0.2, 0) is 13.1 Å². The Balaban J connectivity index is 0.00000147. The van der Waals surface area contributed by atoms with Crippen LogP contribution in [0.15, 0.2) is 18.2 Å². The molecule has 0 bridgehead atoms. The van der Waals surface area contributed by atoms with E-state index in [0.29, 0.717) is 0 Å². The summed E-state index contributed by atoms with van der Waals surface area (Å²) in [6, 6.07) is 6.28. The van der Waals surface area contributed by atoms with E-state index in [9.17, 15) is 4.79 Å². The third kappa shape index (κ3) is 2.13. The maximum Gasteiger partial charge on any atom is 0.251 e. The predicted octanol–water partition coefficient (Wildman–Crippen LogP) is 2.88. The van der Waals surface area contributed by atoms with Gasteiger partial charge in [0.25, 0.3) is 5.91 Å². The van der Waals surface area contributed by atoms with E-state index >= 15 is 0 Å². The first-order chi connectivity index (χ1) is 8.84. The van der Waals surface area contributed by atoms with Crippen LogP contribution >= 0.6 is 12.4 Å². The molecule has 1 aromatic carbocycles. The first-order valence-electron chi connectivity index (χ1n) is 6.97. The number of nitrogens with one attached hydrogen (secondary N) is 2. The van der Waals surface area contributed by atoms with Crippen LogP contribution in [0.25, 0.3) is 0 Å². The molecular weight excluding hydrogens is 272 g/mol. The highest BCUT2D eigenvalue weighted by Crippen LogP contribution is 2.62. The van der Waals surface area contributed by atoms with Gasteiger partial charge in [-0.15, -0.1) is 12.4 Å². The van der Waals surface area contributed by atoms with Crippen molar-refractivity contribution in [3.63, 3.8) is 0 Å². The predicted molar refractivity (Wildman–Crippen MR) is 83.0 cm³/mol. The van der Waals surface area contributed by atoms with Crippen molar-refractivity contribution in [3.05, 3.63) is 34.9 Å². The Bertz CT molecular complexity index is 537. The lowest BCUT2D eigenvalue weighted by Gasteiger charge is -2.08. The van der Waals surface area contributed by atoms with Gasteiger partial charge in [-0.3, -0.25) is 4.79 Å². The zero-order valence-electron chi connectivity index (χ0n) is 12.5. The van der Waals surface area contributed by atoms with Crippen molar-refractivity contribution < 1.29 is 4.79 Å². The zero-order chi connectivity index (χ0) is 13.8. The van der Waals surface area contributed by atoms with Crippen molar-refractivity contribution in [1.82, 2.24) is 10.6 Å². The van der Waals surface area contributed by atoms with Crippen LogP contribution in [0.3, 0.4) is 0 Å². The van der Waals surface area contributed by atoms with E-state index in [1.54, 1.807) is 0 Å². The smallest absolute Gasteiger partial charge is 0.251 e. The fourth-order valence-electron chi connectivity index (χ4n) is 3.21.